The van der Waals surface area contributed by atoms with Crippen LogP contribution in [0.2, 0.25) is 0 Å². The first kappa shape index (κ1) is 18.8. The molecule has 6 nitrogen and oxygen atoms in total. The zero-order chi connectivity index (χ0) is 19.1. The topological polar surface area (TPSA) is 73.0 Å². The van der Waals surface area contributed by atoms with Gasteiger partial charge in [-0.3, -0.25) is 0 Å². The second kappa shape index (κ2) is 9.10. The van der Waals surface area contributed by atoms with Crippen molar-refractivity contribution in [3.63, 3.8) is 0 Å². The standard InChI is InChI=1S/C20H20N4O2S/c1-3-24-19(17-6-4-5-7-18(17)25-2)22-23-20(24)27-13-12-26-16-10-8-15(14-21)9-11-16/h4-11H,3,12-13H2,1-2H3. The quantitative estimate of drug-likeness (QED) is 0.434. The summed E-state index contributed by atoms with van der Waals surface area (Å²) >= 11 is 1.60. The van der Waals surface area contributed by atoms with Crippen LogP contribution >= 0.6 is 11.8 Å². The fraction of sp³-hybridized carbons (Fsp3) is 0.250. The van der Waals surface area contributed by atoms with E-state index in [9.17, 15) is 0 Å². The minimum absolute atomic E-state index is 0.539. The van der Waals surface area contributed by atoms with Crippen molar-refractivity contribution in [2.45, 2.75) is 18.6 Å². The molecule has 0 radical (unpaired) electrons. The van der Waals surface area contributed by atoms with Crippen LogP contribution in [0.5, 0.6) is 11.5 Å². The van der Waals surface area contributed by atoms with E-state index in [2.05, 4.69) is 27.8 Å². The summed E-state index contributed by atoms with van der Waals surface area (Å²) in [4.78, 5) is 0. The van der Waals surface area contributed by atoms with Crippen LogP contribution in [-0.2, 0) is 6.54 Å². The Hall–Kier alpha value is -2.98. The highest BCUT2D eigenvalue weighted by Gasteiger charge is 2.16. The Kier molecular flexibility index (Phi) is 6.34. The van der Waals surface area contributed by atoms with E-state index in [-0.39, 0.29) is 0 Å². The lowest BCUT2D eigenvalue weighted by Crippen LogP contribution is -2.04. The Bertz CT molecular complexity index is 932. The molecule has 1 aromatic heterocycles. The summed E-state index contributed by atoms with van der Waals surface area (Å²) < 4.78 is 13.2. The van der Waals surface area contributed by atoms with Crippen LogP contribution in [0.3, 0.4) is 0 Å². The molecule has 2 aromatic carbocycles. The van der Waals surface area contributed by atoms with Gasteiger partial charge >= 0.3 is 0 Å². The SMILES string of the molecule is CCn1c(SCCOc2ccc(C#N)cc2)nnc1-c1ccccc1OC. The van der Waals surface area contributed by atoms with Crippen LogP contribution in [0.25, 0.3) is 11.4 Å². The van der Waals surface area contributed by atoms with E-state index < -0.39 is 0 Å². The zero-order valence-electron chi connectivity index (χ0n) is 15.3. The van der Waals surface area contributed by atoms with E-state index in [1.54, 1.807) is 43.1 Å². The second-order valence-electron chi connectivity index (χ2n) is 5.58. The van der Waals surface area contributed by atoms with Crippen molar-refractivity contribution < 1.29 is 9.47 Å². The van der Waals surface area contributed by atoms with Crippen molar-refractivity contribution in [3.8, 4) is 29.0 Å². The normalized spacial score (nSPS) is 10.4. The largest absolute Gasteiger partial charge is 0.496 e. The predicted octanol–water partition coefficient (Wildman–Crippen LogP) is 4.02. The molecule has 138 valence electrons. The second-order valence-corrected chi connectivity index (χ2v) is 6.65. The van der Waals surface area contributed by atoms with Gasteiger partial charge in [0.05, 0.1) is 30.9 Å². The van der Waals surface area contributed by atoms with Gasteiger partial charge in [0, 0.05) is 12.3 Å². The van der Waals surface area contributed by atoms with E-state index in [0.717, 1.165) is 40.3 Å². The number of hydrogen-bond acceptors (Lipinski definition) is 6. The fourth-order valence-corrected chi connectivity index (χ4v) is 3.45. The summed E-state index contributed by atoms with van der Waals surface area (Å²) in [5.74, 6) is 3.07. The molecule has 0 atom stereocenters. The maximum absolute atomic E-state index is 8.82. The number of rotatable bonds is 8. The Morgan fingerprint density at radius 3 is 2.59 bits per heavy atom. The smallest absolute Gasteiger partial charge is 0.191 e. The van der Waals surface area contributed by atoms with Gasteiger partial charge in [-0.1, -0.05) is 23.9 Å². The van der Waals surface area contributed by atoms with Gasteiger partial charge in [-0.25, -0.2) is 0 Å². The molecule has 0 N–H and O–H groups in total. The molecule has 27 heavy (non-hydrogen) atoms. The molecule has 0 fully saturated rings. The van der Waals surface area contributed by atoms with Crippen LogP contribution in [0.1, 0.15) is 12.5 Å². The molecule has 0 aliphatic carbocycles. The lowest BCUT2D eigenvalue weighted by molar-refractivity contribution is 0.344. The Balaban J connectivity index is 1.64. The van der Waals surface area contributed by atoms with Crippen LogP contribution in [0.15, 0.2) is 53.7 Å². The average Bonchev–Trinajstić information content (AvgIpc) is 3.14. The first-order valence-electron chi connectivity index (χ1n) is 8.59. The lowest BCUT2D eigenvalue weighted by Gasteiger charge is -2.10. The molecular weight excluding hydrogens is 360 g/mol. The molecule has 0 saturated heterocycles. The van der Waals surface area contributed by atoms with Crippen molar-refractivity contribution in [2.24, 2.45) is 0 Å². The highest BCUT2D eigenvalue weighted by molar-refractivity contribution is 7.99. The summed E-state index contributed by atoms with van der Waals surface area (Å²) in [6, 6.07) is 17.0. The maximum atomic E-state index is 8.82. The summed E-state index contributed by atoms with van der Waals surface area (Å²) in [6.45, 7) is 3.37. The van der Waals surface area contributed by atoms with Gasteiger partial charge in [-0.05, 0) is 43.3 Å². The molecule has 0 spiro atoms. The van der Waals surface area contributed by atoms with Crippen LogP contribution in [-0.4, -0.2) is 34.2 Å². The van der Waals surface area contributed by atoms with Crippen LogP contribution in [0, 0.1) is 11.3 Å². The van der Waals surface area contributed by atoms with E-state index in [1.807, 2.05) is 24.3 Å². The van der Waals surface area contributed by atoms with Crippen LogP contribution < -0.4 is 9.47 Å². The molecule has 1 heterocycles. The van der Waals surface area contributed by atoms with Crippen molar-refractivity contribution in [1.82, 2.24) is 14.8 Å². The number of thioether (sulfide) groups is 1. The van der Waals surface area contributed by atoms with Gasteiger partial charge in [-0.2, -0.15) is 5.26 Å². The molecule has 0 aliphatic rings. The Morgan fingerprint density at radius 1 is 1.11 bits per heavy atom. The molecule has 3 aromatic rings. The molecular formula is C20H20N4O2S. The number of nitrogens with zero attached hydrogens (tertiary/aromatic N) is 4. The highest BCUT2D eigenvalue weighted by Crippen LogP contribution is 2.30. The fourth-order valence-electron chi connectivity index (χ4n) is 2.63. The Morgan fingerprint density at radius 2 is 1.89 bits per heavy atom. The van der Waals surface area contributed by atoms with Crippen molar-refractivity contribution >= 4 is 11.8 Å². The minimum atomic E-state index is 0.539. The molecule has 0 unspecified atom stereocenters. The first-order valence-corrected chi connectivity index (χ1v) is 9.57. The number of aromatic nitrogens is 3. The van der Waals surface area contributed by atoms with Gasteiger partial charge < -0.3 is 14.0 Å². The molecule has 0 aliphatic heterocycles. The molecule has 0 bridgehead atoms. The van der Waals surface area contributed by atoms with Gasteiger partial charge in [0.2, 0.25) is 0 Å². The van der Waals surface area contributed by atoms with E-state index in [0.29, 0.717) is 12.2 Å². The van der Waals surface area contributed by atoms with Crippen molar-refractivity contribution in [1.29, 1.82) is 5.26 Å². The monoisotopic (exact) mass is 380 g/mol. The zero-order valence-corrected chi connectivity index (χ0v) is 16.1. The predicted molar refractivity (Wildman–Crippen MR) is 105 cm³/mol. The number of nitriles is 1. The van der Waals surface area contributed by atoms with Gasteiger partial charge in [0.15, 0.2) is 11.0 Å². The highest BCUT2D eigenvalue weighted by atomic mass is 32.2. The number of methoxy groups -OCH3 is 1. The Labute approximate surface area is 162 Å². The molecule has 0 saturated carbocycles. The van der Waals surface area contributed by atoms with Gasteiger partial charge in [0.1, 0.15) is 11.5 Å². The van der Waals surface area contributed by atoms with Gasteiger partial charge in [0.25, 0.3) is 0 Å². The summed E-state index contributed by atoms with van der Waals surface area (Å²) in [5, 5.41) is 18.4. The number of ether oxygens (including phenoxy) is 2. The van der Waals surface area contributed by atoms with E-state index in [4.69, 9.17) is 14.7 Å². The summed E-state index contributed by atoms with van der Waals surface area (Å²) in [6.07, 6.45) is 0. The molecule has 3 rings (SSSR count). The summed E-state index contributed by atoms with van der Waals surface area (Å²) in [5.41, 5.74) is 1.55. The van der Waals surface area contributed by atoms with E-state index in [1.165, 1.54) is 0 Å². The minimum Gasteiger partial charge on any atom is -0.496 e. The number of benzene rings is 2. The van der Waals surface area contributed by atoms with Gasteiger partial charge in [-0.15, -0.1) is 10.2 Å². The van der Waals surface area contributed by atoms with E-state index >= 15 is 0 Å². The number of hydrogen-bond donors (Lipinski definition) is 0. The third kappa shape index (κ3) is 4.41. The lowest BCUT2D eigenvalue weighted by atomic mass is 10.2. The third-order valence-electron chi connectivity index (χ3n) is 3.95. The molecule has 0 amide bonds. The first-order chi connectivity index (χ1) is 13.3. The maximum Gasteiger partial charge on any atom is 0.191 e. The van der Waals surface area contributed by atoms with Crippen molar-refractivity contribution in [2.75, 3.05) is 19.5 Å². The average molecular weight is 380 g/mol. The number of para-hydroxylation sites is 1. The van der Waals surface area contributed by atoms with Crippen LogP contribution in [0.4, 0.5) is 0 Å². The molecule has 7 heteroatoms. The summed E-state index contributed by atoms with van der Waals surface area (Å²) in [7, 11) is 1.65. The third-order valence-corrected chi connectivity index (χ3v) is 4.88. The van der Waals surface area contributed by atoms with Crippen molar-refractivity contribution in [3.05, 3.63) is 54.1 Å².